The zero-order valence-electron chi connectivity index (χ0n) is 16.1. The predicted molar refractivity (Wildman–Crippen MR) is 115 cm³/mol. The van der Waals surface area contributed by atoms with Crippen molar-refractivity contribution >= 4 is 23.3 Å². The number of nitrogens with zero attached hydrogens (tertiary/aromatic N) is 2. The van der Waals surface area contributed by atoms with Crippen LogP contribution in [0.1, 0.15) is 11.3 Å². The van der Waals surface area contributed by atoms with E-state index in [1.54, 1.807) is 6.07 Å². The fourth-order valence-electron chi connectivity index (χ4n) is 3.34. The fourth-order valence-corrected chi connectivity index (χ4v) is 3.34. The molecule has 0 fully saturated rings. The monoisotopic (exact) mass is 397 g/mol. The van der Waals surface area contributed by atoms with Crippen molar-refractivity contribution in [3.8, 4) is 11.5 Å². The number of ether oxygens (including phenoxy) is 2. The summed E-state index contributed by atoms with van der Waals surface area (Å²) in [4.78, 5) is 17.2. The highest BCUT2D eigenvalue weighted by Gasteiger charge is 2.17. The SMILES string of the molecule is O=C(Nc1cccc(OCc2cn3ccccc3n2)c1)C1=Cc2ccccc2OC1. The second-order valence-corrected chi connectivity index (χ2v) is 6.97. The third kappa shape index (κ3) is 3.75. The summed E-state index contributed by atoms with van der Waals surface area (Å²) in [5.74, 6) is 1.25. The summed E-state index contributed by atoms with van der Waals surface area (Å²) in [5, 5.41) is 2.92. The molecule has 0 saturated heterocycles. The number of pyridine rings is 1. The molecule has 4 aromatic rings. The topological polar surface area (TPSA) is 64.9 Å². The number of imidazole rings is 1. The molecule has 148 valence electrons. The van der Waals surface area contributed by atoms with E-state index in [0.717, 1.165) is 22.7 Å². The van der Waals surface area contributed by atoms with Crippen molar-refractivity contribution < 1.29 is 14.3 Å². The van der Waals surface area contributed by atoms with Crippen LogP contribution in [0.25, 0.3) is 11.7 Å². The van der Waals surface area contributed by atoms with E-state index in [4.69, 9.17) is 9.47 Å². The van der Waals surface area contributed by atoms with Crippen molar-refractivity contribution in [2.45, 2.75) is 6.61 Å². The van der Waals surface area contributed by atoms with Crippen molar-refractivity contribution in [3.63, 3.8) is 0 Å². The number of carbonyl (C=O) groups is 1. The minimum absolute atomic E-state index is 0.193. The first-order chi connectivity index (χ1) is 14.7. The number of amides is 1. The number of hydrogen-bond donors (Lipinski definition) is 1. The summed E-state index contributed by atoms with van der Waals surface area (Å²) in [5.41, 5.74) is 3.84. The molecule has 30 heavy (non-hydrogen) atoms. The minimum atomic E-state index is -0.193. The molecule has 1 N–H and O–H groups in total. The van der Waals surface area contributed by atoms with Gasteiger partial charge in [0.1, 0.15) is 30.4 Å². The van der Waals surface area contributed by atoms with Crippen LogP contribution in [0.4, 0.5) is 5.69 Å². The summed E-state index contributed by atoms with van der Waals surface area (Å²) in [6.07, 6.45) is 5.75. The quantitative estimate of drug-likeness (QED) is 0.544. The molecule has 0 bridgehead atoms. The summed E-state index contributed by atoms with van der Waals surface area (Å²) < 4.78 is 13.5. The molecule has 3 heterocycles. The van der Waals surface area contributed by atoms with Crippen molar-refractivity contribution in [2.75, 3.05) is 11.9 Å². The van der Waals surface area contributed by atoms with Gasteiger partial charge >= 0.3 is 0 Å². The number of nitrogens with one attached hydrogen (secondary N) is 1. The maximum atomic E-state index is 12.7. The van der Waals surface area contributed by atoms with Gasteiger partial charge in [-0.15, -0.1) is 0 Å². The summed E-state index contributed by atoms with van der Waals surface area (Å²) >= 11 is 0. The van der Waals surface area contributed by atoms with Crippen LogP contribution in [0.2, 0.25) is 0 Å². The maximum Gasteiger partial charge on any atom is 0.255 e. The largest absolute Gasteiger partial charge is 0.488 e. The smallest absolute Gasteiger partial charge is 0.255 e. The van der Waals surface area contributed by atoms with Gasteiger partial charge < -0.3 is 19.2 Å². The van der Waals surface area contributed by atoms with Gasteiger partial charge in [-0.1, -0.05) is 30.3 Å². The number of benzene rings is 2. The molecule has 1 aliphatic heterocycles. The molecule has 0 saturated carbocycles. The van der Waals surface area contributed by atoms with Crippen LogP contribution in [-0.4, -0.2) is 21.9 Å². The minimum Gasteiger partial charge on any atom is -0.488 e. The van der Waals surface area contributed by atoms with Crippen LogP contribution in [0, 0.1) is 0 Å². The number of para-hydroxylation sites is 1. The van der Waals surface area contributed by atoms with Crippen LogP contribution >= 0.6 is 0 Å². The van der Waals surface area contributed by atoms with Gasteiger partial charge in [-0.05, 0) is 36.4 Å². The van der Waals surface area contributed by atoms with E-state index in [1.165, 1.54) is 0 Å². The van der Waals surface area contributed by atoms with Crippen molar-refractivity contribution in [1.82, 2.24) is 9.38 Å². The molecule has 0 aliphatic carbocycles. The van der Waals surface area contributed by atoms with E-state index in [9.17, 15) is 4.79 Å². The summed E-state index contributed by atoms with van der Waals surface area (Å²) in [6, 6.07) is 20.8. The first-order valence-corrected chi connectivity index (χ1v) is 9.64. The van der Waals surface area contributed by atoms with Gasteiger partial charge in [0.2, 0.25) is 0 Å². The van der Waals surface area contributed by atoms with Crippen molar-refractivity contribution in [2.24, 2.45) is 0 Å². The highest BCUT2D eigenvalue weighted by atomic mass is 16.5. The number of hydrogen-bond acceptors (Lipinski definition) is 4. The Labute approximate surface area is 173 Å². The molecule has 0 spiro atoms. The molecule has 0 unspecified atom stereocenters. The van der Waals surface area contributed by atoms with E-state index in [1.807, 2.05) is 83.5 Å². The van der Waals surface area contributed by atoms with Crippen LogP contribution < -0.4 is 14.8 Å². The first kappa shape index (κ1) is 18.0. The second kappa shape index (κ2) is 7.75. The number of aromatic nitrogens is 2. The fraction of sp³-hybridized carbons (Fsp3) is 0.0833. The molecular weight excluding hydrogens is 378 g/mol. The van der Waals surface area contributed by atoms with E-state index in [2.05, 4.69) is 10.3 Å². The zero-order chi connectivity index (χ0) is 20.3. The standard InChI is InChI=1S/C24H19N3O3/c28-24(18-12-17-6-1-2-9-22(17)30-15-18)26-19-7-5-8-21(13-19)29-16-20-14-27-11-4-3-10-23(27)25-20/h1-14H,15-16H2,(H,26,28). The van der Waals surface area contributed by atoms with Gasteiger partial charge in [-0.3, -0.25) is 4.79 Å². The molecular formula is C24H19N3O3. The van der Waals surface area contributed by atoms with E-state index in [-0.39, 0.29) is 12.5 Å². The Morgan fingerprint density at radius 1 is 1.10 bits per heavy atom. The molecule has 2 aromatic heterocycles. The lowest BCUT2D eigenvalue weighted by Gasteiger charge is -2.17. The van der Waals surface area contributed by atoms with Crippen LogP contribution in [-0.2, 0) is 11.4 Å². The van der Waals surface area contributed by atoms with E-state index < -0.39 is 0 Å². The molecule has 5 rings (SSSR count). The van der Waals surface area contributed by atoms with Crippen molar-refractivity contribution in [1.29, 1.82) is 0 Å². The van der Waals surface area contributed by atoms with Crippen LogP contribution in [0.5, 0.6) is 11.5 Å². The van der Waals surface area contributed by atoms with E-state index >= 15 is 0 Å². The Morgan fingerprint density at radius 2 is 2.00 bits per heavy atom. The van der Waals surface area contributed by atoms with Gasteiger partial charge in [0, 0.05) is 29.7 Å². The second-order valence-electron chi connectivity index (χ2n) is 6.97. The Kier molecular flexibility index (Phi) is 4.65. The Bertz CT molecular complexity index is 1230. The van der Waals surface area contributed by atoms with Gasteiger partial charge in [0.25, 0.3) is 5.91 Å². The Morgan fingerprint density at radius 3 is 2.93 bits per heavy atom. The van der Waals surface area contributed by atoms with E-state index in [0.29, 0.717) is 23.6 Å². The van der Waals surface area contributed by atoms with Gasteiger partial charge in [-0.2, -0.15) is 0 Å². The molecule has 1 amide bonds. The summed E-state index contributed by atoms with van der Waals surface area (Å²) in [7, 11) is 0. The number of anilines is 1. The normalized spacial score (nSPS) is 12.6. The highest BCUT2D eigenvalue weighted by Crippen LogP contribution is 2.26. The lowest BCUT2D eigenvalue weighted by atomic mass is 10.1. The number of fused-ring (bicyclic) bond motifs is 2. The average molecular weight is 397 g/mol. The van der Waals surface area contributed by atoms with Crippen molar-refractivity contribution in [3.05, 3.63) is 96.0 Å². The lowest BCUT2D eigenvalue weighted by Crippen LogP contribution is -2.21. The number of rotatable bonds is 5. The van der Waals surface area contributed by atoms with Gasteiger partial charge in [0.05, 0.1) is 11.3 Å². The third-order valence-electron chi connectivity index (χ3n) is 4.82. The van der Waals surface area contributed by atoms with Gasteiger partial charge in [-0.25, -0.2) is 4.98 Å². The third-order valence-corrected chi connectivity index (χ3v) is 4.82. The highest BCUT2D eigenvalue weighted by molar-refractivity contribution is 6.07. The number of carbonyl (C=O) groups excluding carboxylic acids is 1. The molecule has 1 aliphatic rings. The first-order valence-electron chi connectivity index (χ1n) is 9.64. The maximum absolute atomic E-state index is 12.7. The van der Waals surface area contributed by atoms with Crippen LogP contribution in [0.3, 0.4) is 0 Å². The molecule has 0 atom stereocenters. The Hall–Kier alpha value is -4.06. The molecule has 6 nitrogen and oxygen atoms in total. The van der Waals surface area contributed by atoms with Crippen LogP contribution in [0.15, 0.2) is 84.7 Å². The lowest BCUT2D eigenvalue weighted by molar-refractivity contribution is -0.113. The molecule has 2 aromatic carbocycles. The molecule has 6 heteroatoms. The molecule has 0 radical (unpaired) electrons. The zero-order valence-corrected chi connectivity index (χ0v) is 16.1. The summed E-state index contributed by atoms with van der Waals surface area (Å²) in [6.45, 7) is 0.585. The average Bonchev–Trinajstić information content (AvgIpc) is 3.21. The van der Waals surface area contributed by atoms with Gasteiger partial charge in [0.15, 0.2) is 0 Å². The predicted octanol–water partition coefficient (Wildman–Crippen LogP) is 4.33. The Balaban J connectivity index is 1.26.